The minimum atomic E-state index is -0.510. The molecule has 0 aliphatic heterocycles. The summed E-state index contributed by atoms with van der Waals surface area (Å²) in [5.41, 5.74) is 7.50. The van der Waals surface area contributed by atoms with E-state index in [1.54, 1.807) is 16.7 Å². The number of hydrogen-bond donors (Lipinski definition) is 2. The lowest BCUT2D eigenvalue weighted by Gasteiger charge is -2.18. The molecule has 0 saturated carbocycles. The van der Waals surface area contributed by atoms with Crippen molar-refractivity contribution in [3.8, 4) is 0 Å². The lowest BCUT2D eigenvalue weighted by molar-refractivity contribution is -0.113. The Balaban J connectivity index is 1.58. The number of amides is 2. The van der Waals surface area contributed by atoms with Gasteiger partial charge >= 0.3 is 0 Å². The third-order valence-corrected chi connectivity index (χ3v) is 7.72. The highest BCUT2D eigenvalue weighted by atomic mass is 32.2. The van der Waals surface area contributed by atoms with E-state index in [4.69, 9.17) is 5.73 Å². The van der Waals surface area contributed by atoms with Gasteiger partial charge in [-0.15, -0.1) is 11.3 Å². The Kier molecular flexibility index (Phi) is 6.15. The Hall–Kier alpha value is -2.65. The summed E-state index contributed by atoms with van der Waals surface area (Å²) >= 11 is 2.65. The van der Waals surface area contributed by atoms with Crippen LogP contribution in [0.4, 0.5) is 5.00 Å². The molecule has 0 bridgehead atoms. The quantitative estimate of drug-likeness (QED) is 0.416. The van der Waals surface area contributed by atoms with Gasteiger partial charge in [0.25, 0.3) is 11.5 Å². The number of hydrogen-bond acceptors (Lipinski definition) is 6. The number of nitrogens with one attached hydrogen (secondary N) is 1. The van der Waals surface area contributed by atoms with Crippen LogP contribution in [0.5, 0.6) is 0 Å². The molecule has 0 spiro atoms. The number of thioether (sulfide) groups is 1. The van der Waals surface area contributed by atoms with Crippen LogP contribution in [0.15, 0.2) is 34.2 Å². The fourth-order valence-corrected chi connectivity index (χ4v) is 6.05. The smallest absolute Gasteiger partial charge is 0.262 e. The van der Waals surface area contributed by atoms with E-state index in [1.807, 2.05) is 26.0 Å². The van der Waals surface area contributed by atoms with E-state index in [1.165, 1.54) is 23.1 Å². The van der Waals surface area contributed by atoms with Crippen LogP contribution in [-0.4, -0.2) is 27.1 Å². The largest absolute Gasteiger partial charge is 0.365 e. The average molecular weight is 457 g/mol. The second kappa shape index (κ2) is 8.84. The number of para-hydroxylation sites is 1. The van der Waals surface area contributed by atoms with Gasteiger partial charge in [0.2, 0.25) is 5.91 Å². The van der Waals surface area contributed by atoms with Crippen LogP contribution < -0.4 is 16.6 Å². The van der Waals surface area contributed by atoms with Gasteiger partial charge < -0.3 is 11.1 Å². The van der Waals surface area contributed by atoms with Gasteiger partial charge in [0.05, 0.1) is 22.2 Å². The highest BCUT2D eigenvalue weighted by Crippen LogP contribution is 2.39. The van der Waals surface area contributed by atoms with Gasteiger partial charge in [-0.1, -0.05) is 30.8 Å². The predicted molar refractivity (Wildman–Crippen MR) is 125 cm³/mol. The van der Waals surface area contributed by atoms with E-state index >= 15 is 0 Å². The molecule has 0 radical (unpaired) electrons. The van der Waals surface area contributed by atoms with Gasteiger partial charge in [-0.3, -0.25) is 19.0 Å². The first-order valence-corrected chi connectivity index (χ1v) is 12.1. The molecule has 7 nitrogen and oxygen atoms in total. The summed E-state index contributed by atoms with van der Waals surface area (Å²) in [6.45, 7) is 3.98. The summed E-state index contributed by atoms with van der Waals surface area (Å²) in [6, 6.07) is 7.18. The van der Waals surface area contributed by atoms with Crippen molar-refractivity contribution in [2.24, 2.45) is 5.73 Å². The molecule has 1 aromatic carbocycles. The molecular weight excluding hydrogens is 432 g/mol. The number of nitrogens with zero attached hydrogens (tertiary/aromatic N) is 2. The SMILES string of the molecule is CCC(C)n1c(SCC(=O)Nc2sc3c(c2C(N)=O)CCC3)nc2ccccc2c1=O. The van der Waals surface area contributed by atoms with E-state index in [9.17, 15) is 14.4 Å². The van der Waals surface area contributed by atoms with Crippen molar-refractivity contribution >= 4 is 50.8 Å². The Labute approximate surface area is 188 Å². The number of thiophene rings is 1. The van der Waals surface area contributed by atoms with E-state index in [2.05, 4.69) is 10.3 Å². The molecule has 0 saturated heterocycles. The standard InChI is InChI=1S/C22H24N4O3S2/c1-3-12(2)26-21(29)13-7-4-5-9-15(13)24-22(26)30-11-17(27)25-20-18(19(23)28)14-8-6-10-16(14)31-20/h4-5,7,9,12H,3,6,8,10-11H2,1-2H3,(H2,23,28)(H,25,27). The maximum Gasteiger partial charge on any atom is 0.262 e. The molecule has 3 aromatic rings. The number of anilines is 1. The van der Waals surface area contributed by atoms with Crippen LogP contribution in [-0.2, 0) is 17.6 Å². The van der Waals surface area contributed by atoms with E-state index < -0.39 is 5.91 Å². The van der Waals surface area contributed by atoms with Crippen molar-refractivity contribution < 1.29 is 9.59 Å². The van der Waals surface area contributed by atoms with Crippen molar-refractivity contribution in [2.75, 3.05) is 11.1 Å². The maximum absolute atomic E-state index is 13.0. The third kappa shape index (κ3) is 4.12. The van der Waals surface area contributed by atoms with Crippen molar-refractivity contribution in [3.63, 3.8) is 0 Å². The van der Waals surface area contributed by atoms with Gasteiger partial charge in [0, 0.05) is 10.9 Å². The summed E-state index contributed by atoms with van der Waals surface area (Å²) in [4.78, 5) is 43.4. The van der Waals surface area contributed by atoms with Gasteiger partial charge in [-0.25, -0.2) is 4.98 Å². The van der Waals surface area contributed by atoms with Crippen LogP contribution in [0.1, 0.15) is 53.5 Å². The second-order valence-electron chi connectivity index (χ2n) is 7.61. The molecule has 1 aliphatic carbocycles. The highest BCUT2D eigenvalue weighted by Gasteiger charge is 2.26. The van der Waals surface area contributed by atoms with Gasteiger partial charge in [0.1, 0.15) is 5.00 Å². The van der Waals surface area contributed by atoms with Gasteiger partial charge in [-0.2, -0.15) is 0 Å². The summed E-state index contributed by atoms with van der Waals surface area (Å²) < 4.78 is 1.66. The zero-order valence-electron chi connectivity index (χ0n) is 17.4. The third-order valence-electron chi connectivity index (χ3n) is 5.56. The maximum atomic E-state index is 13.0. The molecule has 1 aliphatic rings. The number of rotatable bonds is 7. The zero-order valence-corrected chi connectivity index (χ0v) is 19.1. The van der Waals surface area contributed by atoms with Crippen molar-refractivity contribution in [3.05, 3.63) is 50.6 Å². The van der Waals surface area contributed by atoms with Crippen molar-refractivity contribution in [1.29, 1.82) is 0 Å². The Morgan fingerprint density at radius 2 is 2.10 bits per heavy atom. The normalized spacial score (nSPS) is 13.9. The number of fused-ring (bicyclic) bond motifs is 2. The number of carbonyl (C=O) groups excluding carboxylic acids is 2. The zero-order chi connectivity index (χ0) is 22.1. The molecule has 4 rings (SSSR count). The lowest BCUT2D eigenvalue weighted by atomic mass is 10.1. The van der Waals surface area contributed by atoms with E-state index in [-0.39, 0.29) is 23.3 Å². The second-order valence-corrected chi connectivity index (χ2v) is 9.65. The molecule has 162 valence electrons. The van der Waals surface area contributed by atoms with E-state index in [0.717, 1.165) is 36.1 Å². The average Bonchev–Trinajstić information content (AvgIpc) is 3.32. The molecule has 1 unspecified atom stereocenters. The Morgan fingerprint density at radius 3 is 2.84 bits per heavy atom. The number of nitrogens with two attached hydrogens (primary N) is 1. The van der Waals surface area contributed by atoms with Crippen LogP contribution >= 0.6 is 23.1 Å². The molecular formula is C22H24N4O3S2. The molecule has 2 amide bonds. The first-order valence-electron chi connectivity index (χ1n) is 10.3. The summed E-state index contributed by atoms with van der Waals surface area (Å²) in [6.07, 6.45) is 3.50. The van der Waals surface area contributed by atoms with Crippen LogP contribution in [0.3, 0.4) is 0 Å². The lowest BCUT2D eigenvalue weighted by Crippen LogP contribution is -2.26. The Morgan fingerprint density at radius 1 is 1.32 bits per heavy atom. The summed E-state index contributed by atoms with van der Waals surface area (Å²) in [7, 11) is 0. The number of aryl methyl sites for hydroxylation is 1. The van der Waals surface area contributed by atoms with Crippen molar-refractivity contribution in [1.82, 2.24) is 9.55 Å². The summed E-state index contributed by atoms with van der Waals surface area (Å²) in [5.74, 6) is -0.697. The molecule has 0 fully saturated rings. The molecule has 1 atom stereocenters. The predicted octanol–water partition coefficient (Wildman–Crippen LogP) is 3.75. The molecule has 2 aromatic heterocycles. The minimum absolute atomic E-state index is 0.0445. The number of primary amides is 1. The molecule has 2 heterocycles. The monoisotopic (exact) mass is 456 g/mol. The summed E-state index contributed by atoms with van der Waals surface area (Å²) in [5, 5.41) is 4.45. The first kappa shape index (κ1) is 21.6. The first-order chi connectivity index (χ1) is 14.9. The van der Waals surface area contributed by atoms with Crippen LogP contribution in [0.25, 0.3) is 10.9 Å². The Bertz CT molecular complexity index is 1230. The van der Waals surface area contributed by atoms with Crippen molar-refractivity contribution in [2.45, 2.75) is 50.7 Å². The van der Waals surface area contributed by atoms with Crippen LogP contribution in [0.2, 0.25) is 0 Å². The van der Waals surface area contributed by atoms with Crippen LogP contribution in [0, 0.1) is 0 Å². The fourth-order valence-electron chi connectivity index (χ4n) is 3.84. The number of carbonyl (C=O) groups is 2. The topological polar surface area (TPSA) is 107 Å². The highest BCUT2D eigenvalue weighted by molar-refractivity contribution is 7.99. The molecule has 31 heavy (non-hydrogen) atoms. The van der Waals surface area contributed by atoms with Gasteiger partial charge in [0.15, 0.2) is 5.16 Å². The fraction of sp³-hybridized carbons (Fsp3) is 0.364. The van der Waals surface area contributed by atoms with Gasteiger partial charge in [-0.05, 0) is 50.3 Å². The van der Waals surface area contributed by atoms with E-state index in [0.29, 0.717) is 26.6 Å². The minimum Gasteiger partial charge on any atom is -0.365 e. The number of benzene rings is 1. The molecule has 3 N–H and O–H groups in total. The molecule has 9 heteroatoms. The number of aromatic nitrogens is 2.